The van der Waals surface area contributed by atoms with Crippen LogP contribution in [0.2, 0.25) is 0 Å². The monoisotopic (exact) mass is 131 g/mol. The maximum Gasteiger partial charge on any atom is 0.143 e. The first-order valence-electron chi connectivity index (χ1n) is 2.82. The van der Waals surface area contributed by atoms with Gasteiger partial charge in [-0.25, -0.2) is 0 Å². The zero-order valence-corrected chi connectivity index (χ0v) is 5.63. The van der Waals surface area contributed by atoms with Crippen LogP contribution in [0.4, 0.5) is 0 Å². The van der Waals surface area contributed by atoms with Gasteiger partial charge in [0.2, 0.25) is 0 Å². The molecule has 0 atom stereocenters. The van der Waals surface area contributed by atoms with Crippen molar-refractivity contribution in [2.75, 3.05) is 19.9 Å². The Balaban J connectivity index is 3.43. The van der Waals surface area contributed by atoms with Gasteiger partial charge in [0, 0.05) is 13.3 Å². The summed E-state index contributed by atoms with van der Waals surface area (Å²) in [6.07, 6.45) is 0. The van der Waals surface area contributed by atoms with Crippen LogP contribution in [0.3, 0.4) is 0 Å². The summed E-state index contributed by atoms with van der Waals surface area (Å²) in [7, 11) is 0. The number of nitrogens with zero attached hydrogens (tertiary/aromatic N) is 1. The first-order chi connectivity index (χ1) is 4.20. The molecule has 0 spiro atoms. The molecule has 0 saturated heterocycles. The largest absolute Gasteiger partial charge is 0.318 e. The van der Waals surface area contributed by atoms with E-state index in [2.05, 4.69) is 0 Å². The van der Waals surface area contributed by atoms with Crippen molar-refractivity contribution in [3.05, 3.63) is 0 Å². The lowest BCUT2D eigenvalue weighted by atomic mass is 10.4. The molecule has 0 aromatic rings. The lowest BCUT2D eigenvalue weighted by Gasteiger charge is -2.14. The van der Waals surface area contributed by atoms with Crippen LogP contribution in [0, 0.1) is 0 Å². The molecular formula is C5H13N3O. The van der Waals surface area contributed by atoms with E-state index >= 15 is 0 Å². The Hall–Kier alpha value is -0.450. The van der Waals surface area contributed by atoms with E-state index in [-0.39, 0.29) is 5.78 Å². The van der Waals surface area contributed by atoms with Gasteiger partial charge in [-0.1, -0.05) is 0 Å². The number of rotatable bonds is 4. The number of carbonyl (C=O) groups is 1. The number of hydrogen-bond donors (Lipinski definition) is 2. The Morgan fingerprint density at radius 1 is 1.44 bits per heavy atom. The molecule has 0 unspecified atom stereocenters. The molecule has 0 aliphatic carbocycles. The Kier molecular flexibility index (Phi) is 4.21. The molecule has 0 amide bonds. The molecule has 0 aliphatic heterocycles. The predicted molar refractivity (Wildman–Crippen MR) is 35.5 cm³/mol. The van der Waals surface area contributed by atoms with Gasteiger partial charge in [0.25, 0.3) is 0 Å². The van der Waals surface area contributed by atoms with Crippen molar-refractivity contribution in [1.82, 2.24) is 4.90 Å². The van der Waals surface area contributed by atoms with Crippen LogP contribution in [-0.2, 0) is 4.79 Å². The topological polar surface area (TPSA) is 72.3 Å². The Morgan fingerprint density at radius 2 is 1.89 bits per heavy atom. The first-order valence-corrected chi connectivity index (χ1v) is 2.82. The summed E-state index contributed by atoms with van der Waals surface area (Å²) >= 11 is 0. The third kappa shape index (κ3) is 4.08. The molecule has 0 aromatic carbocycles. The third-order valence-electron chi connectivity index (χ3n) is 0.963. The highest BCUT2D eigenvalue weighted by molar-refractivity contribution is 5.77. The number of ketones is 1. The van der Waals surface area contributed by atoms with Crippen molar-refractivity contribution in [2.24, 2.45) is 11.5 Å². The fraction of sp³-hybridized carbons (Fsp3) is 0.800. The zero-order chi connectivity index (χ0) is 7.28. The van der Waals surface area contributed by atoms with Gasteiger partial charge in [0.15, 0.2) is 0 Å². The van der Waals surface area contributed by atoms with E-state index in [1.807, 2.05) is 0 Å². The molecule has 0 aromatic heterocycles. The van der Waals surface area contributed by atoms with Crippen LogP contribution in [0.1, 0.15) is 6.92 Å². The Labute approximate surface area is 54.8 Å². The van der Waals surface area contributed by atoms with Crippen LogP contribution >= 0.6 is 0 Å². The molecule has 0 rings (SSSR count). The van der Waals surface area contributed by atoms with E-state index in [9.17, 15) is 4.79 Å². The lowest BCUT2D eigenvalue weighted by molar-refractivity contribution is -0.118. The number of carbonyl (C=O) groups excluding carboxylic acids is 1. The second kappa shape index (κ2) is 4.43. The van der Waals surface area contributed by atoms with Crippen molar-refractivity contribution in [1.29, 1.82) is 0 Å². The van der Waals surface area contributed by atoms with E-state index in [1.165, 1.54) is 6.92 Å². The average Bonchev–Trinajstić information content (AvgIpc) is 1.82. The summed E-state index contributed by atoms with van der Waals surface area (Å²) in [5, 5.41) is 0. The molecule has 4 heteroatoms. The number of nitrogens with two attached hydrogens (primary N) is 2. The molecular weight excluding hydrogens is 118 g/mol. The van der Waals surface area contributed by atoms with Crippen LogP contribution < -0.4 is 11.5 Å². The van der Waals surface area contributed by atoms with Crippen molar-refractivity contribution in [2.45, 2.75) is 6.92 Å². The zero-order valence-electron chi connectivity index (χ0n) is 5.63. The van der Waals surface area contributed by atoms with Crippen LogP contribution in [0.15, 0.2) is 0 Å². The fourth-order valence-corrected chi connectivity index (χ4v) is 0.519. The molecule has 0 aliphatic rings. The molecule has 0 fully saturated rings. The van der Waals surface area contributed by atoms with Crippen LogP contribution in [0.5, 0.6) is 0 Å². The van der Waals surface area contributed by atoms with Gasteiger partial charge in [-0.3, -0.25) is 9.69 Å². The predicted octanol–water partition coefficient (Wildman–Crippen LogP) is -1.29. The Bertz CT molecular complexity index is 90.2. The highest BCUT2D eigenvalue weighted by Gasteiger charge is 2.00. The van der Waals surface area contributed by atoms with Crippen LogP contribution in [-0.4, -0.2) is 30.6 Å². The van der Waals surface area contributed by atoms with Gasteiger partial charge in [-0.15, -0.1) is 0 Å². The number of Topliss-reactive ketones (excluding diaryl/α,β-unsaturated/α-hetero) is 1. The molecule has 0 heterocycles. The van der Waals surface area contributed by atoms with Gasteiger partial charge < -0.3 is 11.5 Å². The quantitative estimate of drug-likeness (QED) is 0.466. The number of hydrogen-bond acceptors (Lipinski definition) is 4. The molecule has 0 radical (unpaired) electrons. The summed E-state index contributed by atoms with van der Waals surface area (Å²) in [5.41, 5.74) is 10.5. The van der Waals surface area contributed by atoms with Gasteiger partial charge >= 0.3 is 0 Å². The van der Waals surface area contributed by atoms with Crippen molar-refractivity contribution < 1.29 is 4.79 Å². The van der Waals surface area contributed by atoms with Gasteiger partial charge in [0.1, 0.15) is 5.78 Å². The Morgan fingerprint density at radius 3 is 2.00 bits per heavy atom. The van der Waals surface area contributed by atoms with Crippen molar-refractivity contribution in [3.63, 3.8) is 0 Å². The van der Waals surface area contributed by atoms with Gasteiger partial charge in [-0.2, -0.15) is 0 Å². The van der Waals surface area contributed by atoms with E-state index in [4.69, 9.17) is 11.5 Å². The van der Waals surface area contributed by atoms with Crippen molar-refractivity contribution >= 4 is 5.78 Å². The molecule has 9 heavy (non-hydrogen) atoms. The minimum atomic E-state index is 0.0888. The summed E-state index contributed by atoms with van der Waals surface area (Å²) in [5.74, 6) is 0.0888. The highest BCUT2D eigenvalue weighted by Crippen LogP contribution is 1.79. The minimum absolute atomic E-state index is 0.0888. The van der Waals surface area contributed by atoms with E-state index in [0.717, 1.165) is 0 Å². The highest BCUT2D eigenvalue weighted by atomic mass is 16.1. The van der Waals surface area contributed by atoms with Gasteiger partial charge in [-0.05, 0) is 6.92 Å². The van der Waals surface area contributed by atoms with Crippen LogP contribution in [0.25, 0.3) is 0 Å². The maximum absolute atomic E-state index is 10.4. The summed E-state index contributed by atoms with van der Waals surface area (Å²) < 4.78 is 0. The van der Waals surface area contributed by atoms with E-state index < -0.39 is 0 Å². The summed E-state index contributed by atoms with van der Waals surface area (Å²) in [6.45, 7) is 2.55. The van der Waals surface area contributed by atoms with Crippen molar-refractivity contribution in [3.8, 4) is 0 Å². The average molecular weight is 131 g/mol. The summed E-state index contributed by atoms with van der Waals surface area (Å²) in [6, 6.07) is 0. The smallest absolute Gasteiger partial charge is 0.143 e. The lowest BCUT2D eigenvalue weighted by Crippen LogP contribution is -2.38. The first kappa shape index (κ1) is 8.55. The third-order valence-corrected chi connectivity index (χ3v) is 0.963. The fourth-order valence-electron chi connectivity index (χ4n) is 0.519. The maximum atomic E-state index is 10.4. The minimum Gasteiger partial charge on any atom is -0.318 e. The standard InChI is InChI=1S/C5H13N3O/c1-5(9)2-8(3-6)4-7/h2-4,6-7H2,1H3. The molecule has 4 nitrogen and oxygen atoms in total. The second-order valence-corrected chi connectivity index (χ2v) is 1.90. The SMILES string of the molecule is CC(=O)CN(CN)CN. The molecule has 4 N–H and O–H groups in total. The molecule has 0 saturated carbocycles. The second-order valence-electron chi connectivity index (χ2n) is 1.90. The normalized spacial score (nSPS) is 10.2. The van der Waals surface area contributed by atoms with E-state index in [0.29, 0.717) is 19.9 Å². The molecule has 0 bridgehead atoms. The summed E-state index contributed by atoms with van der Waals surface area (Å²) in [4.78, 5) is 12.1. The van der Waals surface area contributed by atoms with Gasteiger partial charge in [0.05, 0.1) is 6.54 Å². The molecule has 54 valence electrons. The van der Waals surface area contributed by atoms with E-state index in [1.54, 1.807) is 4.90 Å².